The third-order valence-electron chi connectivity index (χ3n) is 3.67. The number of nitrogens with two attached hydrogens (primary N) is 1. The summed E-state index contributed by atoms with van der Waals surface area (Å²) in [5.41, 5.74) is 3.41. The molecular weight excluding hydrogens is 257 g/mol. The molecule has 1 unspecified atom stereocenters. The van der Waals surface area contributed by atoms with Gasteiger partial charge in [-0.2, -0.15) is 0 Å². The van der Waals surface area contributed by atoms with E-state index in [2.05, 4.69) is 4.99 Å². The van der Waals surface area contributed by atoms with Gasteiger partial charge in [0, 0.05) is 5.92 Å². The average Bonchev–Trinajstić information content (AvgIpc) is 2.34. The topological polar surface area (TPSA) is 47.6 Å². The third-order valence-corrected chi connectivity index (χ3v) is 3.67. The molecule has 6 heteroatoms. The summed E-state index contributed by atoms with van der Waals surface area (Å²) in [6.45, 7) is 2.24. The molecule has 0 saturated heterocycles. The number of ether oxygens (including phenoxy) is 1. The van der Waals surface area contributed by atoms with Gasteiger partial charge in [0.2, 0.25) is 0 Å². The first-order chi connectivity index (χ1) is 8.92. The van der Waals surface area contributed by atoms with Crippen LogP contribution in [-0.2, 0) is 10.3 Å². The predicted octanol–water partition coefficient (Wildman–Crippen LogP) is 2.50. The van der Waals surface area contributed by atoms with E-state index >= 15 is 0 Å². The van der Waals surface area contributed by atoms with Gasteiger partial charge in [0.15, 0.2) is 0 Å². The summed E-state index contributed by atoms with van der Waals surface area (Å²) in [5.74, 6) is -2.23. The van der Waals surface area contributed by atoms with Gasteiger partial charge in [-0.25, -0.2) is 18.2 Å². The smallest absolute Gasteiger partial charge is 0.283 e. The highest BCUT2D eigenvalue weighted by Gasteiger charge is 2.48. The summed E-state index contributed by atoms with van der Waals surface area (Å²) in [5, 5.41) is 0. The second-order valence-corrected chi connectivity index (χ2v) is 4.72. The van der Waals surface area contributed by atoms with E-state index in [1.54, 1.807) is 13.8 Å². The van der Waals surface area contributed by atoms with Crippen LogP contribution in [0.3, 0.4) is 0 Å². The Morgan fingerprint density at radius 3 is 2.42 bits per heavy atom. The fraction of sp³-hybridized carbons (Fsp3) is 0.462. The Bertz CT molecular complexity index is 500. The quantitative estimate of drug-likeness (QED) is 0.899. The highest BCUT2D eigenvalue weighted by atomic mass is 19.1. The molecule has 19 heavy (non-hydrogen) atoms. The van der Waals surface area contributed by atoms with E-state index < -0.39 is 41.4 Å². The first kappa shape index (κ1) is 13.7. The summed E-state index contributed by atoms with van der Waals surface area (Å²) in [4.78, 5) is 3.87. The monoisotopic (exact) mass is 272 g/mol. The summed E-state index contributed by atoms with van der Waals surface area (Å²) in [6.07, 6.45) is -0.493. The van der Waals surface area contributed by atoms with E-state index in [1.807, 2.05) is 0 Å². The lowest BCUT2D eigenvalue weighted by Gasteiger charge is -2.40. The first-order valence-corrected chi connectivity index (χ1v) is 5.95. The van der Waals surface area contributed by atoms with Crippen LogP contribution in [0.5, 0.6) is 0 Å². The van der Waals surface area contributed by atoms with Crippen molar-refractivity contribution in [2.45, 2.75) is 25.5 Å². The Kier molecular flexibility index (Phi) is 3.43. The number of hydrogen-bond donors (Lipinski definition) is 1. The van der Waals surface area contributed by atoms with E-state index in [1.165, 1.54) is 6.07 Å². The maximum absolute atomic E-state index is 13.9. The number of rotatable bonds is 2. The number of halogens is 3. The van der Waals surface area contributed by atoms with Gasteiger partial charge in [-0.1, -0.05) is 13.0 Å². The van der Waals surface area contributed by atoms with E-state index in [0.717, 1.165) is 12.1 Å². The number of benzene rings is 1. The second kappa shape index (κ2) is 4.75. The second-order valence-electron chi connectivity index (χ2n) is 4.72. The van der Waals surface area contributed by atoms with Crippen molar-refractivity contribution in [2.24, 2.45) is 16.6 Å². The Labute approximate surface area is 109 Å². The molecule has 0 amide bonds. The van der Waals surface area contributed by atoms with Gasteiger partial charge in [0.05, 0.1) is 5.56 Å². The van der Waals surface area contributed by atoms with Crippen LogP contribution in [0, 0.1) is 17.6 Å². The number of alkyl halides is 1. The molecule has 1 aliphatic rings. The van der Waals surface area contributed by atoms with E-state index in [0.29, 0.717) is 0 Å². The summed E-state index contributed by atoms with van der Waals surface area (Å²) < 4.78 is 46.7. The average molecular weight is 272 g/mol. The van der Waals surface area contributed by atoms with Crippen LogP contribution >= 0.6 is 0 Å². The Balaban J connectivity index is 2.69. The zero-order chi connectivity index (χ0) is 14.2. The molecule has 2 N–H and O–H groups in total. The van der Waals surface area contributed by atoms with Crippen molar-refractivity contribution in [1.29, 1.82) is 0 Å². The highest BCUT2D eigenvalue weighted by Crippen LogP contribution is 2.42. The summed E-state index contributed by atoms with van der Waals surface area (Å²) in [6, 6.07) is 3.12. The molecule has 1 aromatic rings. The van der Waals surface area contributed by atoms with Gasteiger partial charge in [-0.05, 0) is 19.1 Å². The van der Waals surface area contributed by atoms with E-state index in [4.69, 9.17) is 10.5 Å². The molecule has 104 valence electrons. The molecule has 0 spiro atoms. The highest BCUT2D eigenvalue weighted by molar-refractivity contribution is 5.73. The molecule has 0 saturated carbocycles. The molecule has 2 rings (SSSR count). The molecule has 0 aromatic heterocycles. The van der Waals surface area contributed by atoms with Gasteiger partial charge >= 0.3 is 0 Å². The lowest BCUT2D eigenvalue weighted by molar-refractivity contribution is 0.0475. The molecule has 0 radical (unpaired) electrons. The van der Waals surface area contributed by atoms with Crippen molar-refractivity contribution in [2.75, 3.05) is 6.67 Å². The molecule has 1 aromatic carbocycles. The fourth-order valence-electron chi connectivity index (χ4n) is 2.42. The summed E-state index contributed by atoms with van der Waals surface area (Å²) in [7, 11) is 0. The van der Waals surface area contributed by atoms with Crippen LogP contribution in [0.25, 0.3) is 0 Å². The van der Waals surface area contributed by atoms with Crippen molar-refractivity contribution < 1.29 is 17.9 Å². The largest absolute Gasteiger partial charge is 0.462 e. The van der Waals surface area contributed by atoms with E-state index in [-0.39, 0.29) is 6.02 Å². The van der Waals surface area contributed by atoms with Gasteiger partial charge in [-0.15, -0.1) is 0 Å². The minimum absolute atomic E-state index is 0.258. The minimum atomic E-state index is -1.68. The van der Waals surface area contributed by atoms with Gasteiger partial charge in [-0.3, -0.25) is 0 Å². The van der Waals surface area contributed by atoms with E-state index in [9.17, 15) is 13.2 Å². The van der Waals surface area contributed by atoms with Crippen LogP contribution in [0.15, 0.2) is 23.2 Å². The molecule has 3 atom stereocenters. The molecular formula is C13H15F3N2O. The van der Waals surface area contributed by atoms with Crippen molar-refractivity contribution in [3.05, 3.63) is 35.4 Å². The fourth-order valence-corrected chi connectivity index (χ4v) is 2.42. The number of amidine groups is 1. The molecule has 0 aliphatic carbocycles. The maximum Gasteiger partial charge on any atom is 0.283 e. The first-order valence-electron chi connectivity index (χ1n) is 5.95. The van der Waals surface area contributed by atoms with Crippen LogP contribution in [0.1, 0.15) is 19.4 Å². The van der Waals surface area contributed by atoms with Gasteiger partial charge in [0.25, 0.3) is 6.02 Å². The van der Waals surface area contributed by atoms with Gasteiger partial charge in [0.1, 0.15) is 30.0 Å². The molecule has 1 heterocycles. The van der Waals surface area contributed by atoms with Crippen molar-refractivity contribution in [3.63, 3.8) is 0 Å². The number of hydrogen-bond acceptors (Lipinski definition) is 3. The molecule has 3 nitrogen and oxygen atoms in total. The normalized spacial score (nSPS) is 30.7. The van der Waals surface area contributed by atoms with Crippen molar-refractivity contribution >= 4 is 6.02 Å². The third kappa shape index (κ3) is 2.05. The zero-order valence-electron chi connectivity index (χ0n) is 10.7. The number of nitrogens with zero attached hydrogens (tertiary/aromatic N) is 1. The molecule has 0 fully saturated rings. The lowest BCUT2D eigenvalue weighted by Crippen LogP contribution is -2.49. The lowest BCUT2D eigenvalue weighted by atomic mass is 9.76. The standard InChI is InChI=1S/C13H15F3N2O/c1-7-8(2)19-12(17)18-13(7,6-14)11-9(15)4-3-5-10(11)16/h3-5,7-8H,6H2,1-2H3,(H2,17,18)/t7-,8?,13-/m1/s1. The Morgan fingerprint density at radius 1 is 1.32 bits per heavy atom. The Hall–Kier alpha value is -1.72. The van der Waals surface area contributed by atoms with Gasteiger partial charge < -0.3 is 10.5 Å². The molecule has 1 aliphatic heterocycles. The maximum atomic E-state index is 13.9. The van der Waals surface area contributed by atoms with Crippen LogP contribution in [0.4, 0.5) is 13.2 Å². The minimum Gasteiger partial charge on any atom is -0.462 e. The summed E-state index contributed by atoms with van der Waals surface area (Å²) >= 11 is 0. The van der Waals surface area contributed by atoms with Crippen molar-refractivity contribution in [3.8, 4) is 0 Å². The van der Waals surface area contributed by atoms with Crippen molar-refractivity contribution in [1.82, 2.24) is 0 Å². The number of aliphatic imine (C=N–C) groups is 1. The molecule has 0 bridgehead atoms. The SMILES string of the molecule is CC1OC(N)=N[C@@](CF)(c2c(F)cccc2F)[C@@H]1C. The Morgan fingerprint density at radius 2 is 1.89 bits per heavy atom. The van der Waals surface area contributed by atoms with Crippen LogP contribution in [0.2, 0.25) is 0 Å². The van der Waals surface area contributed by atoms with Crippen LogP contribution < -0.4 is 5.73 Å². The zero-order valence-corrected chi connectivity index (χ0v) is 10.7. The van der Waals surface area contributed by atoms with Crippen LogP contribution in [-0.4, -0.2) is 18.8 Å². The predicted molar refractivity (Wildman–Crippen MR) is 65.3 cm³/mol.